The van der Waals surface area contributed by atoms with Gasteiger partial charge in [0.2, 0.25) is 11.7 Å². The maximum absolute atomic E-state index is 6.05. The molecule has 0 aliphatic carbocycles. The number of benzene rings is 1. The molecule has 0 atom stereocenters. The van der Waals surface area contributed by atoms with E-state index in [1.807, 2.05) is 12.1 Å². The Morgan fingerprint density at radius 1 is 1.03 bits per heavy atom. The number of ether oxygens (including phenoxy) is 3. The van der Waals surface area contributed by atoms with Gasteiger partial charge in [0.05, 0.1) is 20.8 Å². The Balaban J connectivity index is 1.64. The highest BCUT2D eigenvalue weighted by Gasteiger charge is 2.17. The number of likely N-dealkylation sites (N-methyl/N-ethyl adjacent to an activating group) is 1. The maximum Gasteiger partial charge on any atom is 0.221 e. The van der Waals surface area contributed by atoms with E-state index in [-0.39, 0.29) is 5.95 Å². The van der Waals surface area contributed by atoms with Crippen molar-refractivity contribution in [3.05, 3.63) is 29.5 Å². The molecular weight excluding hydrogens is 384 g/mol. The van der Waals surface area contributed by atoms with Crippen LogP contribution in [0.3, 0.4) is 0 Å². The number of hydrogen-bond acceptors (Lipinski definition) is 9. The van der Waals surface area contributed by atoms with Gasteiger partial charge in [0.15, 0.2) is 11.5 Å². The van der Waals surface area contributed by atoms with Crippen LogP contribution < -0.4 is 25.7 Å². The number of nitrogens with zero attached hydrogens (tertiary/aromatic N) is 4. The number of methoxy groups -OCH3 is 2. The molecule has 1 saturated heterocycles. The molecule has 1 aromatic heterocycles. The highest BCUT2D eigenvalue weighted by atomic mass is 16.5. The van der Waals surface area contributed by atoms with E-state index in [4.69, 9.17) is 25.7 Å². The average Bonchev–Trinajstić information content (AvgIpc) is 2.74. The molecule has 0 radical (unpaired) electrons. The van der Waals surface area contributed by atoms with Crippen molar-refractivity contribution >= 4 is 11.8 Å². The molecule has 9 nitrogen and oxygen atoms in total. The number of anilines is 2. The lowest BCUT2D eigenvalue weighted by atomic mass is 10.1. The van der Waals surface area contributed by atoms with E-state index >= 15 is 0 Å². The zero-order chi connectivity index (χ0) is 21.5. The standard InChI is InChI=1S/C21H32N6O3/c1-26-6-8-27(9-7-26)5-4-10-30-19-17(28-2)12-15(13-18(19)29-3)11-16-14-24-21(23)25-20(16)22/h12-14H,4-11H2,1-3H3,(H4,22,23,24,25). The lowest BCUT2D eigenvalue weighted by Crippen LogP contribution is -2.44. The smallest absolute Gasteiger partial charge is 0.221 e. The van der Waals surface area contributed by atoms with Gasteiger partial charge in [-0.25, -0.2) is 4.98 Å². The topological polar surface area (TPSA) is 112 Å². The fourth-order valence-electron chi connectivity index (χ4n) is 3.50. The summed E-state index contributed by atoms with van der Waals surface area (Å²) >= 11 is 0. The largest absolute Gasteiger partial charge is 0.493 e. The Hall–Kier alpha value is -2.78. The van der Waals surface area contributed by atoms with Gasteiger partial charge in [0.25, 0.3) is 0 Å². The molecule has 2 heterocycles. The van der Waals surface area contributed by atoms with Crippen LogP contribution in [0, 0.1) is 0 Å². The number of nitrogens with two attached hydrogens (primary N) is 2. The Bertz CT molecular complexity index is 814. The number of rotatable bonds is 9. The summed E-state index contributed by atoms with van der Waals surface area (Å²) < 4.78 is 17.2. The van der Waals surface area contributed by atoms with E-state index in [9.17, 15) is 0 Å². The first-order valence-corrected chi connectivity index (χ1v) is 10.2. The van der Waals surface area contributed by atoms with Crippen LogP contribution in [-0.2, 0) is 6.42 Å². The predicted octanol–water partition coefficient (Wildman–Crippen LogP) is 1.27. The minimum Gasteiger partial charge on any atom is -0.493 e. The van der Waals surface area contributed by atoms with Crippen LogP contribution in [0.25, 0.3) is 0 Å². The van der Waals surface area contributed by atoms with Gasteiger partial charge in [-0.3, -0.25) is 0 Å². The molecular formula is C21H32N6O3. The third kappa shape index (κ3) is 5.64. The quantitative estimate of drug-likeness (QED) is 0.584. The van der Waals surface area contributed by atoms with Crippen molar-refractivity contribution in [1.82, 2.24) is 19.8 Å². The molecule has 0 unspecified atom stereocenters. The minimum atomic E-state index is 0.159. The van der Waals surface area contributed by atoms with E-state index < -0.39 is 0 Å². The first kappa shape index (κ1) is 21.9. The van der Waals surface area contributed by atoms with Crippen LogP contribution in [0.15, 0.2) is 18.3 Å². The molecule has 1 aliphatic rings. The van der Waals surface area contributed by atoms with Crippen LogP contribution in [0.2, 0.25) is 0 Å². The SMILES string of the molecule is COc1cc(Cc2cnc(N)nc2N)cc(OC)c1OCCCN1CCN(C)CC1. The van der Waals surface area contributed by atoms with Gasteiger partial charge in [-0.15, -0.1) is 0 Å². The number of nitrogen functional groups attached to an aromatic ring is 2. The van der Waals surface area contributed by atoms with E-state index in [1.165, 1.54) is 0 Å². The molecule has 4 N–H and O–H groups in total. The van der Waals surface area contributed by atoms with E-state index in [2.05, 4.69) is 26.8 Å². The third-order valence-electron chi connectivity index (χ3n) is 5.29. The predicted molar refractivity (Wildman–Crippen MR) is 117 cm³/mol. The Kier molecular flexibility index (Phi) is 7.53. The van der Waals surface area contributed by atoms with Crippen molar-refractivity contribution in [2.75, 3.05) is 72.1 Å². The summed E-state index contributed by atoms with van der Waals surface area (Å²) in [6.45, 7) is 6.07. The second kappa shape index (κ2) is 10.3. The molecule has 30 heavy (non-hydrogen) atoms. The van der Waals surface area contributed by atoms with Gasteiger partial charge >= 0.3 is 0 Å². The normalized spacial score (nSPS) is 15.2. The number of hydrogen-bond donors (Lipinski definition) is 2. The fourth-order valence-corrected chi connectivity index (χ4v) is 3.50. The molecule has 0 spiro atoms. The Morgan fingerprint density at radius 2 is 1.70 bits per heavy atom. The van der Waals surface area contributed by atoms with Crippen LogP contribution >= 0.6 is 0 Å². The van der Waals surface area contributed by atoms with E-state index in [0.29, 0.717) is 36.1 Å². The second-order valence-corrected chi connectivity index (χ2v) is 7.49. The first-order chi connectivity index (χ1) is 14.5. The van der Waals surface area contributed by atoms with Crippen molar-refractivity contribution in [2.24, 2.45) is 0 Å². The summed E-state index contributed by atoms with van der Waals surface area (Å²) in [6, 6.07) is 3.85. The Labute approximate surface area is 177 Å². The second-order valence-electron chi connectivity index (χ2n) is 7.49. The molecule has 0 amide bonds. The van der Waals surface area contributed by atoms with Crippen LogP contribution in [0.5, 0.6) is 17.2 Å². The molecule has 0 bridgehead atoms. The molecule has 1 aliphatic heterocycles. The van der Waals surface area contributed by atoms with Crippen molar-refractivity contribution in [3.63, 3.8) is 0 Å². The van der Waals surface area contributed by atoms with Gasteiger partial charge < -0.3 is 35.5 Å². The van der Waals surface area contributed by atoms with Crippen molar-refractivity contribution in [3.8, 4) is 17.2 Å². The maximum atomic E-state index is 6.05. The lowest BCUT2D eigenvalue weighted by molar-refractivity contribution is 0.144. The molecule has 1 fully saturated rings. The average molecular weight is 417 g/mol. The summed E-state index contributed by atoms with van der Waals surface area (Å²) in [5.74, 6) is 2.39. The van der Waals surface area contributed by atoms with Gasteiger partial charge in [0, 0.05) is 50.9 Å². The molecule has 3 rings (SSSR count). The van der Waals surface area contributed by atoms with Crippen molar-refractivity contribution in [2.45, 2.75) is 12.8 Å². The monoisotopic (exact) mass is 416 g/mol. The molecule has 2 aromatic rings. The summed E-state index contributed by atoms with van der Waals surface area (Å²) in [6.07, 6.45) is 3.11. The minimum absolute atomic E-state index is 0.159. The number of aromatic nitrogens is 2. The van der Waals surface area contributed by atoms with E-state index in [0.717, 1.165) is 50.3 Å². The number of piperazine rings is 1. The Morgan fingerprint density at radius 3 is 2.30 bits per heavy atom. The van der Waals surface area contributed by atoms with Gasteiger partial charge in [0.1, 0.15) is 5.82 Å². The summed E-state index contributed by atoms with van der Waals surface area (Å²) in [7, 11) is 5.41. The highest BCUT2D eigenvalue weighted by Crippen LogP contribution is 2.39. The zero-order valence-corrected chi connectivity index (χ0v) is 18.1. The molecule has 9 heteroatoms. The molecule has 0 saturated carbocycles. The van der Waals surface area contributed by atoms with Gasteiger partial charge in [-0.2, -0.15) is 4.98 Å². The fraction of sp³-hybridized carbons (Fsp3) is 0.524. The zero-order valence-electron chi connectivity index (χ0n) is 18.1. The van der Waals surface area contributed by atoms with Gasteiger partial charge in [-0.05, 0) is 31.2 Å². The lowest BCUT2D eigenvalue weighted by Gasteiger charge is -2.32. The summed E-state index contributed by atoms with van der Waals surface area (Å²) in [4.78, 5) is 12.9. The highest BCUT2D eigenvalue weighted by molar-refractivity contribution is 5.55. The molecule has 1 aromatic carbocycles. The van der Waals surface area contributed by atoms with Crippen LogP contribution in [0.4, 0.5) is 11.8 Å². The van der Waals surface area contributed by atoms with Crippen LogP contribution in [0.1, 0.15) is 17.5 Å². The summed E-state index contributed by atoms with van der Waals surface area (Å²) in [5.41, 5.74) is 13.3. The summed E-state index contributed by atoms with van der Waals surface area (Å²) in [5, 5.41) is 0. The van der Waals surface area contributed by atoms with E-state index in [1.54, 1.807) is 20.4 Å². The van der Waals surface area contributed by atoms with Crippen molar-refractivity contribution in [1.29, 1.82) is 0 Å². The molecule has 164 valence electrons. The van der Waals surface area contributed by atoms with Crippen molar-refractivity contribution < 1.29 is 14.2 Å². The first-order valence-electron chi connectivity index (χ1n) is 10.2. The third-order valence-corrected chi connectivity index (χ3v) is 5.29. The van der Waals surface area contributed by atoms with Gasteiger partial charge in [-0.1, -0.05) is 0 Å². The van der Waals surface area contributed by atoms with Crippen LogP contribution in [-0.4, -0.2) is 80.4 Å².